The number of aryl methyl sites for hydroxylation is 1. The van der Waals surface area contributed by atoms with E-state index in [9.17, 15) is 0 Å². The highest BCUT2D eigenvalue weighted by molar-refractivity contribution is 7.98. The van der Waals surface area contributed by atoms with Gasteiger partial charge in [-0.25, -0.2) is 9.97 Å². The highest BCUT2D eigenvalue weighted by Crippen LogP contribution is 2.29. The van der Waals surface area contributed by atoms with Crippen molar-refractivity contribution in [2.75, 3.05) is 0 Å². The van der Waals surface area contributed by atoms with Gasteiger partial charge in [-0.05, 0) is 42.8 Å². The van der Waals surface area contributed by atoms with Crippen molar-refractivity contribution in [1.82, 2.24) is 19.5 Å². The number of rotatable bonds is 6. The molecule has 0 bridgehead atoms. The average Bonchev–Trinajstić information content (AvgIpc) is 3.34. The van der Waals surface area contributed by atoms with Gasteiger partial charge in [-0.2, -0.15) is 0 Å². The van der Waals surface area contributed by atoms with Gasteiger partial charge in [0.2, 0.25) is 5.89 Å². The fraction of sp³-hybridized carbons (Fsp3) is 0.125. The average molecular weight is 447 g/mol. The lowest BCUT2D eigenvalue weighted by Gasteiger charge is -2.08. The van der Waals surface area contributed by atoms with Crippen LogP contribution in [0.25, 0.3) is 22.5 Å². The van der Waals surface area contributed by atoms with Gasteiger partial charge in [0, 0.05) is 22.5 Å². The van der Waals surface area contributed by atoms with Gasteiger partial charge in [-0.1, -0.05) is 53.7 Å². The summed E-state index contributed by atoms with van der Waals surface area (Å²) in [5, 5.41) is 1.65. The molecule has 154 valence electrons. The van der Waals surface area contributed by atoms with Crippen LogP contribution in [0.2, 0.25) is 5.02 Å². The molecule has 0 saturated heterocycles. The molecule has 2 aromatic carbocycles. The minimum Gasteiger partial charge on any atom is -0.441 e. The Hall–Kier alpha value is -3.09. The summed E-state index contributed by atoms with van der Waals surface area (Å²) in [5.41, 5.74) is 4.88. The topological polar surface area (TPSA) is 56.7 Å². The SMILES string of the molecule is Cc1oc(-c2ccccc2)nc1Cn1c(SCc2cccc(Cl)c2)nc2ccncc21. The third kappa shape index (κ3) is 4.22. The Bertz CT molecular complexity index is 1350. The van der Waals surface area contributed by atoms with Gasteiger partial charge in [0.05, 0.1) is 23.8 Å². The third-order valence-electron chi connectivity index (χ3n) is 4.99. The van der Waals surface area contributed by atoms with Crippen LogP contribution >= 0.6 is 23.4 Å². The molecule has 0 atom stereocenters. The van der Waals surface area contributed by atoms with Gasteiger partial charge in [0.25, 0.3) is 0 Å². The Balaban J connectivity index is 1.48. The smallest absolute Gasteiger partial charge is 0.226 e. The largest absolute Gasteiger partial charge is 0.441 e. The quantitative estimate of drug-likeness (QED) is 0.283. The van der Waals surface area contributed by atoms with Crippen LogP contribution in [0.4, 0.5) is 0 Å². The van der Waals surface area contributed by atoms with Gasteiger partial charge in [0.15, 0.2) is 5.16 Å². The summed E-state index contributed by atoms with van der Waals surface area (Å²) in [7, 11) is 0. The number of thioether (sulfide) groups is 1. The first-order chi connectivity index (χ1) is 15.2. The van der Waals surface area contributed by atoms with E-state index < -0.39 is 0 Å². The molecule has 0 amide bonds. The van der Waals surface area contributed by atoms with E-state index in [0.717, 1.165) is 49.5 Å². The van der Waals surface area contributed by atoms with Gasteiger partial charge in [-0.3, -0.25) is 4.98 Å². The Morgan fingerprint density at radius 3 is 2.74 bits per heavy atom. The van der Waals surface area contributed by atoms with Crippen LogP contribution in [-0.2, 0) is 12.3 Å². The summed E-state index contributed by atoms with van der Waals surface area (Å²) < 4.78 is 8.11. The minimum absolute atomic E-state index is 0.558. The van der Waals surface area contributed by atoms with Crippen molar-refractivity contribution in [3.05, 3.63) is 95.1 Å². The molecule has 0 spiro atoms. The molecule has 5 rings (SSSR count). The molecule has 0 radical (unpaired) electrons. The molecule has 0 aliphatic heterocycles. The van der Waals surface area contributed by atoms with Gasteiger partial charge in [0.1, 0.15) is 11.5 Å². The normalized spacial score (nSPS) is 11.3. The number of oxazole rings is 1. The summed E-state index contributed by atoms with van der Waals surface area (Å²) in [5.74, 6) is 2.20. The summed E-state index contributed by atoms with van der Waals surface area (Å²) >= 11 is 7.81. The van der Waals surface area contributed by atoms with Crippen LogP contribution in [-0.4, -0.2) is 19.5 Å². The molecule has 3 aromatic heterocycles. The second-order valence-corrected chi connectivity index (χ2v) is 8.53. The fourth-order valence-electron chi connectivity index (χ4n) is 3.41. The molecule has 7 heteroatoms. The Morgan fingerprint density at radius 1 is 1.03 bits per heavy atom. The van der Waals surface area contributed by atoms with E-state index in [-0.39, 0.29) is 0 Å². The number of aromatic nitrogens is 4. The molecule has 0 aliphatic carbocycles. The zero-order chi connectivity index (χ0) is 21.2. The monoisotopic (exact) mass is 446 g/mol. The van der Waals surface area contributed by atoms with E-state index >= 15 is 0 Å². The second-order valence-electron chi connectivity index (χ2n) is 7.15. The van der Waals surface area contributed by atoms with Gasteiger partial charge >= 0.3 is 0 Å². The zero-order valence-electron chi connectivity index (χ0n) is 16.8. The first-order valence-electron chi connectivity index (χ1n) is 9.86. The molecule has 5 aromatic rings. The van der Waals surface area contributed by atoms with Gasteiger partial charge < -0.3 is 8.98 Å². The predicted molar refractivity (Wildman–Crippen MR) is 124 cm³/mol. The van der Waals surface area contributed by atoms with Crippen LogP contribution < -0.4 is 0 Å². The highest BCUT2D eigenvalue weighted by Gasteiger charge is 2.17. The third-order valence-corrected chi connectivity index (χ3v) is 6.28. The molecular weight excluding hydrogens is 428 g/mol. The Kier molecular flexibility index (Phi) is 5.49. The van der Waals surface area contributed by atoms with Crippen molar-refractivity contribution >= 4 is 34.4 Å². The number of nitrogens with zero attached hydrogens (tertiary/aromatic N) is 4. The number of hydrogen-bond donors (Lipinski definition) is 0. The van der Waals surface area contributed by atoms with E-state index in [1.165, 1.54) is 0 Å². The van der Waals surface area contributed by atoms with E-state index in [1.54, 1.807) is 18.0 Å². The number of imidazole rings is 1. The second kappa shape index (κ2) is 8.57. The van der Waals surface area contributed by atoms with Crippen molar-refractivity contribution < 1.29 is 4.42 Å². The fourth-order valence-corrected chi connectivity index (χ4v) is 4.58. The number of hydrogen-bond acceptors (Lipinski definition) is 5. The molecule has 5 nitrogen and oxygen atoms in total. The maximum atomic E-state index is 6.14. The van der Waals surface area contributed by atoms with Crippen molar-refractivity contribution in [1.29, 1.82) is 0 Å². The Labute approximate surface area is 189 Å². The van der Waals surface area contributed by atoms with Crippen molar-refractivity contribution in [3.63, 3.8) is 0 Å². The van der Waals surface area contributed by atoms with E-state index in [2.05, 4.69) is 15.6 Å². The van der Waals surface area contributed by atoms with Gasteiger partial charge in [-0.15, -0.1) is 0 Å². The summed E-state index contributed by atoms with van der Waals surface area (Å²) in [4.78, 5) is 13.9. The summed E-state index contributed by atoms with van der Waals surface area (Å²) in [6.45, 7) is 2.51. The Morgan fingerprint density at radius 2 is 1.90 bits per heavy atom. The molecule has 0 fully saturated rings. The molecule has 0 aliphatic rings. The van der Waals surface area contributed by atoms with Crippen LogP contribution in [0, 0.1) is 6.92 Å². The molecule has 31 heavy (non-hydrogen) atoms. The molecule has 0 unspecified atom stereocenters. The first kappa shape index (κ1) is 19.8. The maximum absolute atomic E-state index is 6.14. The lowest BCUT2D eigenvalue weighted by molar-refractivity contribution is 0.537. The number of halogens is 1. The number of fused-ring (bicyclic) bond motifs is 1. The number of pyridine rings is 1. The van der Waals surface area contributed by atoms with Crippen LogP contribution in [0.15, 0.2) is 82.6 Å². The lowest BCUT2D eigenvalue weighted by Crippen LogP contribution is -2.03. The molecule has 3 heterocycles. The summed E-state index contributed by atoms with van der Waals surface area (Å²) in [6, 6.07) is 19.8. The van der Waals surface area contributed by atoms with Crippen molar-refractivity contribution in [2.24, 2.45) is 0 Å². The first-order valence-corrected chi connectivity index (χ1v) is 11.2. The summed E-state index contributed by atoms with van der Waals surface area (Å²) in [6.07, 6.45) is 3.61. The van der Waals surface area contributed by atoms with Crippen LogP contribution in [0.3, 0.4) is 0 Å². The van der Waals surface area contributed by atoms with Crippen LogP contribution in [0.1, 0.15) is 17.0 Å². The predicted octanol–water partition coefficient (Wildman–Crippen LogP) is 6.39. The van der Waals surface area contributed by atoms with Crippen LogP contribution in [0.5, 0.6) is 0 Å². The maximum Gasteiger partial charge on any atom is 0.226 e. The minimum atomic E-state index is 0.558. The highest BCUT2D eigenvalue weighted by atomic mass is 35.5. The van der Waals surface area contributed by atoms with Crippen molar-refractivity contribution in [3.8, 4) is 11.5 Å². The lowest BCUT2D eigenvalue weighted by atomic mass is 10.2. The number of benzene rings is 2. The molecule has 0 N–H and O–H groups in total. The standard InChI is InChI=1S/C24H19ClN4OS/c1-16-21(27-23(30-16)18-7-3-2-4-8-18)14-29-22-13-26-11-10-20(22)28-24(29)31-15-17-6-5-9-19(25)12-17/h2-13H,14-15H2,1H3. The van der Waals surface area contributed by atoms with Crippen molar-refractivity contribution in [2.45, 2.75) is 24.4 Å². The van der Waals surface area contributed by atoms with E-state index in [1.807, 2.05) is 67.7 Å². The van der Waals surface area contributed by atoms with E-state index in [4.69, 9.17) is 26.0 Å². The van der Waals surface area contributed by atoms with E-state index in [0.29, 0.717) is 12.4 Å². The molecular formula is C24H19ClN4OS. The zero-order valence-corrected chi connectivity index (χ0v) is 18.4. The molecule has 0 saturated carbocycles.